The SMILES string of the molecule is COC(=O)C1=C(C)NC(C)=C(C(=O)OC(C)(C)CN(C)CCC(c2ccccc2)c2ccccc2)C1c1cccc([N+](=O)[O-])c1.Cl.[Ca+2]. The van der Waals surface area contributed by atoms with Crippen LogP contribution in [0.5, 0.6) is 0 Å². The molecule has 1 atom stereocenters. The topological polar surface area (TPSA) is 111 Å². The van der Waals surface area contributed by atoms with Crippen LogP contribution in [0.25, 0.3) is 0 Å². The van der Waals surface area contributed by atoms with Crippen molar-refractivity contribution in [2.24, 2.45) is 0 Å². The number of likely N-dealkylation sites (N-methyl/N-ethyl adjacent to an activating group) is 1. The molecule has 0 saturated carbocycles. The summed E-state index contributed by atoms with van der Waals surface area (Å²) in [4.78, 5) is 40.2. The number of nitrogens with zero attached hydrogens (tertiary/aromatic N) is 2. The molecule has 244 valence electrons. The van der Waals surface area contributed by atoms with Crippen LogP contribution in [0.2, 0.25) is 0 Å². The summed E-state index contributed by atoms with van der Waals surface area (Å²) in [6.45, 7) is 8.34. The van der Waals surface area contributed by atoms with E-state index in [1.54, 1.807) is 19.9 Å². The molecule has 47 heavy (non-hydrogen) atoms. The maximum atomic E-state index is 14.0. The van der Waals surface area contributed by atoms with Crippen molar-refractivity contribution in [2.45, 2.75) is 51.6 Å². The minimum Gasteiger partial charge on any atom is -0.466 e. The number of carbonyl (C=O) groups is 2. The van der Waals surface area contributed by atoms with Crippen molar-refractivity contribution < 1.29 is 24.0 Å². The number of hydrogen-bond acceptors (Lipinski definition) is 8. The van der Waals surface area contributed by atoms with Crippen molar-refractivity contribution in [3.63, 3.8) is 0 Å². The van der Waals surface area contributed by atoms with Crippen molar-refractivity contribution in [2.75, 3.05) is 27.2 Å². The van der Waals surface area contributed by atoms with E-state index in [2.05, 4.69) is 58.7 Å². The molecule has 4 rings (SSSR count). The van der Waals surface area contributed by atoms with Crippen molar-refractivity contribution >= 4 is 67.8 Å². The second-order valence-corrected chi connectivity index (χ2v) is 12.0. The fraction of sp³-hybridized carbons (Fsp3) is 0.333. The standard InChI is InChI=1S/C36H41N3O6.Ca.ClH/c1-24-31(34(40)44-6)33(28-18-13-19-29(22-28)39(42)43)32(25(2)37-24)35(41)45-36(3,4)23-38(5)21-20-30(26-14-9-7-10-15-26)27-16-11-8-12-17-27;;/h7-19,22,30,33,37H,20-21,23H2,1-6H3;;1H/q;+2;. The average molecular weight is 688 g/mol. The summed E-state index contributed by atoms with van der Waals surface area (Å²) in [6.07, 6.45) is 0.865. The molecular formula is C36H42CaClN3O6+2. The number of methoxy groups -OCH3 is 1. The Hall–Kier alpha value is -3.21. The molecule has 1 aliphatic heterocycles. The Labute approximate surface area is 313 Å². The Balaban J connectivity index is 0.00000384. The summed E-state index contributed by atoms with van der Waals surface area (Å²) < 4.78 is 11.2. The van der Waals surface area contributed by atoms with Gasteiger partial charge < -0.3 is 19.7 Å². The normalized spacial score (nSPS) is 14.6. The van der Waals surface area contributed by atoms with Gasteiger partial charge in [0, 0.05) is 36.0 Å². The minimum atomic E-state index is -0.919. The first-order valence-corrected chi connectivity index (χ1v) is 14.9. The van der Waals surface area contributed by atoms with Gasteiger partial charge in [0.25, 0.3) is 5.69 Å². The third-order valence-corrected chi connectivity index (χ3v) is 8.02. The molecule has 0 amide bonds. The van der Waals surface area contributed by atoms with E-state index in [0.29, 0.717) is 23.5 Å². The number of esters is 2. The zero-order valence-corrected chi connectivity index (χ0v) is 30.8. The predicted octanol–water partition coefficient (Wildman–Crippen LogP) is 6.52. The van der Waals surface area contributed by atoms with Gasteiger partial charge in [0.05, 0.1) is 29.1 Å². The monoisotopic (exact) mass is 687 g/mol. The van der Waals surface area contributed by atoms with Crippen LogP contribution in [0.15, 0.2) is 107 Å². The van der Waals surface area contributed by atoms with Gasteiger partial charge in [-0.2, -0.15) is 0 Å². The largest absolute Gasteiger partial charge is 2.00 e. The van der Waals surface area contributed by atoms with E-state index in [0.717, 1.165) is 13.0 Å². The van der Waals surface area contributed by atoms with Crippen LogP contribution >= 0.6 is 12.4 Å². The fourth-order valence-corrected chi connectivity index (χ4v) is 6.11. The van der Waals surface area contributed by atoms with Crippen LogP contribution in [0.1, 0.15) is 62.6 Å². The predicted molar refractivity (Wildman–Crippen MR) is 186 cm³/mol. The molecule has 1 aliphatic rings. The van der Waals surface area contributed by atoms with Gasteiger partial charge in [0.15, 0.2) is 0 Å². The van der Waals surface area contributed by atoms with E-state index in [-0.39, 0.29) is 72.9 Å². The zero-order chi connectivity index (χ0) is 32.7. The van der Waals surface area contributed by atoms with Gasteiger partial charge in [-0.15, -0.1) is 12.4 Å². The molecule has 0 bridgehead atoms. The van der Waals surface area contributed by atoms with Gasteiger partial charge in [-0.1, -0.05) is 72.8 Å². The number of hydrogen-bond donors (Lipinski definition) is 1. The van der Waals surface area contributed by atoms with Crippen molar-refractivity contribution in [1.29, 1.82) is 0 Å². The van der Waals surface area contributed by atoms with Crippen LogP contribution in [-0.4, -0.2) is 92.3 Å². The van der Waals surface area contributed by atoms with Gasteiger partial charge in [0.1, 0.15) is 5.60 Å². The summed E-state index contributed by atoms with van der Waals surface area (Å²) in [7, 11) is 3.26. The molecule has 1 N–H and O–H groups in total. The molecule has 0 radical (unpaired) electrons. The molecule has 0 spiro atoms. The minimum absolute atomic E-state index is 0. The Bertz CT molecular complexity index is 1570. The number of nitro benzene ring substituents is 1. The van der Waals surface area contributed by atoms with E-state index in [9.17, 15) is 19.7 Å². The number of nitrogens with one attached hydrogen (secondary N) is 1. The molecule has 1 unspecified atom stereocenters. The Kier molecular flexibility index (Phi) is 15.1. The first-order chi connectivity index (χ1) is 21.4. The Morgan fingerprint density at radius 3 is 1.96 bits per heavy atom. The second-order valence-electron chi connectivity index (χ2n) is 12.0. The molecule has 11 heteroatoms. The van der Waals surface area contributed by atoms with Crippen LogP contribution in [0.3, 0.4) is 0 Å². The number of carbonyl (C=O) groups excluding carboxylic acids is 2. The van der Waals surface area contributed by atoms with E-state index in [1.165, 1.54) is 36.4 Å². The third-order valence-electron chi connectivity index (χ3n) is 8.02. The van der Waals surface area contributed by atoms with Crippen molar-refractivity contribution in [3.05, 3.63) is 134 Å². The Morgan fingerprint density at radius 1 is 0.915 bits per heavy atom. The smallest absolute Gasteiger partial charge is 0.466 e. The summed E-state index contributed by atoms with van der Waals surface area (Å²) in [5, 5.41) is 14.7. The van der Waals surface area contributed by atoms with Gasteiger partial charge >= 0.3 is 49.7 Å². The van der Waals surface area contributed by atoms with Gasteiger partial charge in [0.2, 0.25) is 0 Å². The van der Waals surface area contributed by atoms with E-state index in [4.69, 9.17) is 9.47 Å². The van der Waals surface area contributed by atoms with Gasteiger partial charge in [-0.3, -0.25) is 10.1 Å². The first-order valence-electron chi connectivity index (χ1n) is 14.9. The van der Waals surface area contributed by atoms with Gasteiger partial charge in [-0.05, 0) is 64.4 Å². The fourth-order valence-electron chi connectivity index (χ4n) is 6.11. The van der Waals surface area contributed by atoms with Crippen LogP contribution in [0, 0.1) is 10.1 Å². The van der Waals surface area contributed by atoms with Crippen molar-refractivity contribution in [1.82, 2.24) is 10.2 Å². The molecular weight excluding hydrogens is 646 g/mol. The van der Waals surface area contributed by atoms with E-state index in [1.807, 2.05) is 33.0 Å². The number of dihydropyridines is 1. The summed E-state index contributed by atoms with van der Waals surface area (Å²) in [5.41, 5.74) is 3.24. The third kappa shape index (κ3) is 10.1. The number of allylic oxidation sites excluding steroid dienone is 2. The molecule has 9 nitrogen and oxygen atoms in total. The molecule has 3 aromatic carbocycles. The van der Waals surface area contributed by atoms with Crippen molar-refractivity contribution in [3.8, 4) is 0 Å². The summed E-state index contributed by atoms with van der Waals surface area (Å²) >= 11 is 0. The maximum absolute atomic E-state index is 14.0. The molecule has 0 aromatic heterocycles. The number of non-ortho nitro benzene ring substituents is 1. The molecule has 3 aromatic rings. The Morgan fingerprint density at radius 2 is 1.45 bits per heavy atom. The molecule has 0 fully saturated rings. The maximum Gasteiger partial charge on any atom is 2.00 e. The number of benzene rings is 3. The zero-order valence-electron chi connectivity index (χ0n) is 27.8. The van der Waals surface area contributed by atoms with E-state index >= 15 is 0 Å². The molecule has 0 saturated heterocycles. The first kappa shape index (κ1) is 40.0. The number of rotatable bonds is 12. The number of ether oxygens (including phenoxy) is 2. The second kappa shape index (κ2) is 17.8. The number of halogens is 1. The van der Waals surface area contributed by atoms with Crippen LogP contribution < -0.4 is 5.32 Å². The average Bonchev–Trinajstić information content (AvgIpc) is 3.01. The summed E-state index contributed by atoms with van der Waals surface area (Å²) in [6, 6.07) is 26.8. The van der Waals surface area contributed by atoms with Gasteiger partial charge in [-0.25, -0.2) is 9.59 Å². The van der Waals surface area contributed by atoms with Crippen LogP contribution in [0.4, 0.5) is 5.69 Å². The summed E-state index contributed by atoms with van der Waals surface area (Å²) in [5.74, 6) is -1.96. The quantitative estimate of drug-likeness (QED) is 0.0992. The van der Waals surface area contributed by atoms with E-state index < -0.39 is 28.4 Å². The number of nitro groups is 1. The van der Waals surface area contributed by atoms with Crippen LogP contribution in [-0.2, 0) is 19.1 Å². The molecule has 1 heterocycles. The molecule has 0 aliphatic carbocycles.